The molecule has 1 aromatic heterocycles. The molecule has 0 spiro atoms. The van der Waals surface area contributed by atoms with E-state index in [1.807, 2.05) is 68.6 Å². The molecule has 0 aliphatic carbocycles. The fourth-order valence-electron chi connectivity index (χ4n) is 2.72. The first-order valence-electron chi connectivity index (χ1n) is 9.13. The number of carbonyl (C=O) groups is 2. The summed E-state index contributed by atoms with van der Waals surface area (Å²) in [6, 6.07) is 16.4. The lowest BCUT2D eigenvalue weighted by atomic mass is 10.0. The number of aromatic nitrogens is 1. The molecule has 3 aromatic rings. The standard InChI is InChI=1S/C22H23N3O2S/c1-14(2)19(24-20(26)17-11-9-15(3)10-12-17)21(27)25-22-23-18(13-28-22)16-7-5-4-6-8-16/h4-14,19H,1-3H3,(H,24,26)(H,23,25,27)/t19-/m0/s1. The lowest BCUT2D eigenvalue weighted by molar-refractivity contribution is -0.118. The van der Waals surface area contributed by atoms with Gasteiger partial charge in [-0.2, -0.15) is 0 Å². The zero-order valence-corrected chi connectivity index (χ0v) is 16.9. The number of benzene rings is 2. The van der Waals surface area contributed by atoms with Gasteiger partial charge in [0.05, 0.1) is 5.69 Å². The highest BCUT2D eigenvalue weighted by molar-refractivity contribution is 7.14. The van der Waals surface area contributed by atoms with Crippen molar-refractivity contribution >= 4 is 28.3 Å². The molecule has 6 heteroatoms. The summed E-state index contributed by atoms with van der Waals surface area (Å²) in [5.41, 5.74) is 3.41. The van der Waals surface area contributed by atoms with Gasteiger partial charge >= 0.3 is 0 Å². The summed E-state index contributed by atoms with van der Waals surface area (Å²) in [6.07, 6.45) is 0. The summed E-state index contributed by atoms with van der Waals surface area (Å²) in [7, 11) is 0. The Labute approximate surface area is 168 Å². The lowest BCUT2D eigenvalue weighted by Gasteiger charge is -2.21. The van der Waals surface area contributed by atoms with Crippen molar-refractivity contribution in [2.45, 2.75) is 26.8 Å². The van der Waals surface area contributed by atoms with Crippen LogP contribution < -0.4 is 10.6 Å². The molecule has 0 radical (unpaired) electrons. The molecule has 0 unspecified atom stereocenters. The van der Waals surface area contributed by atoms with Gasteiger partial charge in [-0.1, -0.05) is 61.9 Å². The van der Waals surface area contributed by atoms with Crippen LogP contribution in [0, 0.1) is 12.8 Å². The summed E-state index contributed by atoms with van der Waals surface area (Å²) in [6.45, 7) is 5.76. The van der Waals surface area contributed by atoms with E-state index in [0.717, 1.165) is 16.8 Å². The van der Waals surface area contributed by atoms with E-state index in [4.69, 9.17) is 0 Å². The number of hydrogen-bond donors (Lipinski definition) is 2. The Morgan fingerprint density at radius 3 is 2.32 bits per heavy atom. The maximum absolute atomic E-state index is 12.8. The van der Waals surface area contributed by atoms with E-state index < -0.39 is 6.04 Å². The Morgan fingerprint density at radius 1 is 1.00 bits per heavy atom. The van der Waals surface area contributed by atoms with E-state index in [2.05, 4.69) is 15.6 Å². The zero-order chi connectivity index (χ0) is 20.1. The first kappa shape index (κ1) is 19.8. The van der Waals surface area contributed by atoms with Gasteiger partial charge < -0.3 is 10.6 Å². The van der Waals surface area contributed by atoms with Crippen molar-refractivity contribution in [3.63, 3.8) is 0 Å². The number of nitrogens with one attached hydrogen (secondary N) is 2. The number of carbonyl (C=O) groups excluding carboxylic acids is 2. The molecule has 0 aliphatic heterocycles. The third kappa shape index (κ3) is 4.84. The molecule has 0 saturated carbocycles. The Bertz CT molecular complexity index is 949. The summed E-state index contributed by atoms with van der Waals surface area (Å²) >= 11 is 1.36. The van der Waals surface area contributed by atoms with Crippen molar-refractivity contribution in [1.82, 2.24) is 10.3 Å². The van der Waals surface area contributed by atoms with Crippen LogP contribution in [0.3, 0.4) is 0 Å². The number of nitrogens with zero attached hydrogens (tertiary/aromatic N) is 1. The molecule has 0 aliphatic rings. The molecule has 2 N–H and O–H groups in total. The molecule has 2 aromatic carbocycles. The SMILES string of the molecule is Cc1ccc(C(=O)N[C@H](C(=O)Nc2nc(-c3ccccc3)cs2)C(C)C)cc1. The average Bonchev–Trinajstić information content (AvgIpc) is 3.15. The maximum atomic E-state index is 12.8. The summed E-state index contributed by atoms with van der Waals surface area (Å²) in [5.74, 6) is -0.606. The molecule has 3 rings (SSSR count). The minimum atomic E-state index is -0.655. The Hall–Kier alpha value is -2.99. The van der Waals surface area contributed by atoms with Gasteiger partial charge in [0.1, 0.15) is 6.04 Å². The van der Waals surface area contributed by atoms with Crippen molar-refractivity contribution in [3.8, 4) is 11.3 Å². The number of amides is 2. The van der Waals surface area contributed by atoms with Crippen LogP contribution >= 0.6 is 11.3 Å². The van der Waals surface area contributed by atoms with Gasteiger partial charge in [0.15, 0.2) is 5.13 Å². The third-order valence-corrected chi connectivity index (χ3v) is 5.11. The van der Waals surface area contributed by atoms with Crippen LogP contribution in [0.5, 0.6) is 0 Å². The van der Waals surface area contributed by atoms with E-state index in [-0.39, 0.29) is 17.7 Å². The second-order valence-electron chi connectivity index (χ2n) is 6.95. The highest BCUT2D eigenvalue weighted by atomic mass is 32.1. The van der Waals surface area contributed by atoms with Crippen LogP contribution in [0.1, 0.15) is 29.8 Å². The largest absolute Gasteiger partial charge is 0.340 e. The monoisotopic (exact) mass is 393 g/mol. The Balaban J connectivity index is 1.69. The predicted molar refractivity (Wildman–Crippen MR) is 113 cm³/mol. The van der Waals surface area contributed by atoms with Crippen molar-refractivity contribution < 1.29 is 9.59 Å². The fraction of sp³-hybridized carbons (Fsp3) is 0.227. The van der Waals surface area contributed by atoms with E-state index >= 15 is 0 Å². The van der Waals surface area contributed by atoms with E-state index in [1.165, 1.54) is 11.3 Å². The maximum Gasteiger partial charge on any atom is 0.251 e. The molecule has 0 bridgehead atoms. The molecule has 0 fully saturated rings. The number of aryl methyl sites for hydroxylation is 1. The van der Waals surface area contributed by atoms with Gasteiger partial charge in [-0.3, -0.25) is 9.59 Å². The minimum Gasteiger partial charge on any atom is -0.340 e. The molecule has 144 valence electrons. The van der Waals surface area contributed by atoms with Crippen molar-refractivity contribution in [2.75, 3.05) is 5.32 Å². The molecule has 0 saturated heterocycles. The summed E-state index contributed by atoms with van der Waals surface area (Å²) < 4.78 is 0. The van der Waals surface area contributed by atoms with E-state index in [9.17, 15) is 9.59 Å². The van der Waals surface area contributed by atoms with Gasteiger partial charge in [-0.15, -0.1) is 11.3 Å². The van der Waals surface area contributed by atoms with Crippen LogP contribution in [0.15, 0.2) is 60.0 Å². The van der Waals surface area contributed by atoms with Crippen LogP contribution in [0.4, 0.5) is 5.13 Å². The normalized spacial score (nSPS) is 11.9. The lowest BCUT2D eigenvalue weighted by Crippen LogP contribution is -2.47. The Morgan fingerprint density at radius 2 is 1.68 bits per heavy atom. The van der Waals surface area contributed by atoms with E-state index in [1.54, 1.807) is 12.1 Å². The minimum absolute atomic E-state index is 0.0667. The first-order valence-corrected chi connectivity index (χ1v) is 10.0. The summed E-state index contributed by atoms with van der Waals surface area (Å²) in [4.78, 5) is 29.8. The highest BCUT2D eigenvalue weighted by Gasteiger charge is 2.25. The van der Waals surface area contributed by atoms with E-state index in [0.29, 0.717) is 10.7 Å². The number of anilines is 1. The van der Waals surface area contributed by atoms with Crippen LogP contribution in [0.2, 0.25) is 0 Å². The van der Waals surface area contributed by atoms with Crippen LogP contribution in [0.25, 0.3) is 11.3 Å². The molecule has 1 atom stereocenters. The predicted octanol–water partition coefficient (Wildman–Crippen LogP) is 4.51. The van der Waals surface area contributed by atoms with Crippen molar-refractivity contribution in [3.05, 3.63) is 71.1 Å². The molecule has 2 amide bonds. The molecule has 5 nitrogen and oxygen atoms in total. The topological polar surface area (TPSA) is 71.1 Å². The highest BCUT2D eigenvalue weighted by Crippen LogP contribution is 2.25. The third-order valence-electron chi connectivity index (χ3n) is 4.35. The van der Waals surface area contributed by atoms with Crippen molar-refractivity contribution in [1.29, 1.82) is 0 Å². The Kier molecular flexibility index (Phi) is 6.21. The van der Waals surface area contributed by atoms with Gasteiger partial charge in [-0.05, 0) is 25.0 Å². The number of thiazole rings is 1. The number of hydrogen-bond acceptors (Lipinski definition) is 4. The smallest absolute Gasteiger partial charge is 0.251 e. The molecular formula is C22H23N3O2S. The van der Waals surface area contributed by atoms with Gasteiger partial charge in [0, 0.05) is 16.5 Å². The number of rotatable bonds is 6. The second kappa shape index (κ2) is 8.80. The zero-order valence-electron chi connectivity index (χ0n) is 16.1. The van der Waals surface area contributed by atoms with Crippen molar-refractivity contribution in [2.24, 2.45) is 5.92 Å². The fourth-order valence-corrected chi connectivity index (χ4v) is 3.44. The summed E-state index contributed by atoms with van der Waals surface area (Å²) in [5, 5.41) is 8.09. The molecular weight excluding hydrogens is 370 g/mol. The van der Waals surface area contributed by atoms with Crippen LogP contribution in [-0.2, 0) is 4.79 Å². The molecule has 28 heavy (non-hydrogen) atoms. The van der Waals surface area contributed by atoms with Gasteiger partial charge in [0.2, 0.25) is 5.91 Å². The second-order valence-corrected chi connectivity index (χ2v) is 7.81. The average molecular weight is 394 g/mol. The first-order chi connectivity index (χ1) is 13.4. The van der Waals surface area contributed by atoms with Gasteiger partial charge in [0.25, 0.3) is 5.91 Å². The van der Waals surface area contributed by atoms with Crippen LogP contribution in [-0.4, -0.2) is 22.8 Å². The van der Waals surface area contributed by atoms with Gasteiger partial charge in [-0.25, -0.2) is 4.98 Å². The molecule has 1 heterocycles. The quantitative estimate of drug-likeness (QED) is 0.647.